The number of carbonyl (C=O) groups excluding carboxylic acids is 2. The number of hydrogen-bond donors (Lipinski definition) is 0. The van der Waals surface area contributed by atoms with E-state index in [1.807, 2.05) is 12.1 Å². The first kappa shape index (κ1) is 21.1. The van der Waals surface area contributed by atoms with Crippen LogP contribution in [-0.2, 0) is 30.9 Å². The Morgan fingerprint density at radius 3 is 2.39 bits per heavy atom. The molecule has 7 nitrogen and oxygen atoms in total. The van der Waals surface area contributed by atoms with Crippen molar-refractivity contribution in [2.24, 2.45) is 0 Å². The fourth-order valence-corrected chi connectivity index (χ4v) is 5.40. The molecule has 160 valence electrons. The maximum Gasteiger partial charge on any atom is 0.325 e. The van der Waals surface area contributed by atoms with Crippen LogP contribution in [0.2, 0.25) is 5.02 Å². The molecule has 0 fully saturated rings. The number of halogens is 1. The molecule has 3 aromatic carbocycles. The van der Waals surface area contributed by atoms with Crippen molar-refractivity contribution in [2.45, 2.75) is 11.4 Å². The molecule has 1 aliphatic rings. The van der Waals surface area contributed by atoms with Crippen molar-refractivity contribution in [3.8, 4) is 0 Å². The zero-order valence-corrected chi connectivity index (χ0v) is 18.2. The molecule has 0 aliphatic carbocycles. The Balaban J connectivity index is 1.64. The third-order valence-electron chi connectivity index (χ3n) is 5.15. The van der Waals surface area contributed by atoms with Gasteiger partial charge in [-0.05, 0) is 35.2 Å². The Kier molecular flexibility index (Phi) is 5.60. The highest BCUT2D eigenvalue weighted by Gasteiger charge is 2.37. The molecule has 0 bridgehead atoms. The molecule has 31 heavy (non-hydrogen) atoms. The van der Waals surface area contributed by atoms with E-state index in [-0.39, 0.29) is 18.0 Å². The second-order valence-electron chi connectivity index (χ2n) is 7.10. The lowest BCUT2D eigenvalue weighted by Gasteiger charge is -2.25. The van der Waals surface area contributed by atoms with Crippen LogP contribution < -0.4 is 4.31 Å². The van der Waals surface area contributed by atoms with Crippen molar-refractivity contribution < 1.29 is 22.7 Å². The highest BCUT2D eigenvalue weighted by Crippen LogP contribution is 2.41. The summed E-state index contributed by atoms with van der Waals surface area (Å²) in [5.41, 5.74) is 1.20. The maximum absolute atomic E-state index is 13.2. The quantitative estimate of drug-likeness (QED) is 0.529. The smallest absolute Gasteiger partial charge is 0.325 e. The lowest BCUT2D eigenvalue weighted by Crippen LogP contribution is -2.43. The van der Waals surface area contributed by atoms with E-state index in [2.05, 4.69) is 0 Å². The van der Waals surface area contributed by atoms with Crippen LogP contribution in [0.25, 0.3) is 10.8 Å². The summed E-state index contributed by atoms with van der Waals surface area (Å²) in [5.74, 6) is -1.12. The van der Waals surface area contributed by atoms with Gasteiger partial charge in [0.25, 0.3) is 10.0 Å². The summed E-state index contributed by atoms with van der Waals surface area (Å²) in [5, 5.41) is 1.92. The molecule has 0 saturated heterocycles. The number of sulfonamides is 1. The van der Waals surface area contributed by atoms with Crippen molar-refractivity contribution >= 4 is 50.0 Å². The summed E-state index contributed by atoms with van der Waals surface area (Å²) in [6, 6.07) is 17.1. The third-order valence-corrected chi connectivity index (χ3v) is 7.20. The molecule has 3 aromatic rings. The van der Waals surface area contributed by atoms with Gasteiger partial charge in [0.15, 0.2) is 0 Å². The van der Waals surface area contributed by atoms with Gasteiger partial charge < -0.3 is 9.64 Å². The fraction of sp³-hybridized carbons (Fsp3) is 0.182. The lowest BCUT2D eigenvalue weighted by molar-refractivity contribution is -0.146. The summed E-state index contributed by atoms with van der Waals surface area (Å²) >= 11 is 5.92. The largest absolute Gasteiger partial charge is 0.468 e. The molecule has 1 heterocycles. The van der Waals surface area contributed by atoms with E-state index >= 15 is 0 Å². The maximum atomic E-state index is 13.2. The highest BCUT2D eigenvalue weighted by molar-refractivity contribution is 7.93. The minimum Gasteiger partial charge on any atom is -0.468 e. The number of amides is 1. The molecule has 0 spiro atoms. The number of benzene rings is 3. The van der Waals surface area contributed by atoms with Crippen molar-refractivity contribution in [2.75, 3.05) is 24.5 Å². The molecule has 0 saturated carbocycles. The Morgan fingerprint density at radius 2 is 1.71 bits per heavy atom. The average Bonchev–Trinajstić information content (AvgIpc) is 2.98. The number of anilines is 1. The van der Waals surface area contributed by atoms with Gasteiger partial charge >= 0.3 is 5.97 Å². The van der Waals surface area contributed by atoms with E-state index in [1.165, 1.54) is 18.1 Å². The topological polar surface area (TPSA) is 84.0 Å². The minimum atomic E-state index is -3.89. The summed E-state index contributed by atoms with van der Waals surface area (Å²) in [6.45, 7) is -0.625. The van der Waals surface area contributed by atoms with Gasteiger partial charge in [0, 0.05) is 17.0 Å². The zero-order chi connectivity index (χ0) is 22.2. The van der Waals surface area contributed by atoms with E-state index in [0.717, 1.165) is 15.3 Å². The van der Waals surface area contributed by atoms with Crippen LogP contribution in [0.3, 0.4) is 0 Å². The van der Waals surface area contributed by atoms with Gasteiger partial charge in [-0.3, -0.25) is 13.9 Å². The first-order valence-corrected chi connectivity index (χ1v) is 11.3. The third kappa shape index (κ3) is 3.96. The molecule has 0 unspecified atom stereocenters. The molecule has 9 heteroatoms. The van der Waals surface area contributed by atoms with E-state index in [1.54, 1.807) is 42.5 Å². The second kappa shape index (κ2) is 8.20. The van der Waals surface area contributed by atoms with Crippen molar-refractivity contribution in [1.29, 1.82) is 0 Å². The van der Waals surface area contributed by atoms with Crippen LogP contribution >= 0.6 is 11.6 Å². The lowest BCUT2D eigenvalue weighted by atomic mass is 10.1. The standard InChI is InChI=1S/C22H19ClN2O5S/c1-30-21(27)14-24(12-15-8-10-17(23)11-9-15)20(26)13-25-18-6-2-4-16-5-3-7-19(22(16)18)31(25,28)29/h2-11H,12-14H2,1H3. The van der Waals surface area contributed by atoms with Crippen LogP contribution in [0.4, 0.5) is 5.69 Å². The number of esters is 1. The first-order chi connectivity index (χ1) is 14.8. The molecule has 1 amide bonds. The monoisotopic (exact) mass is 458 g/mol. The van der Waals surface area contributed by atoms with Gasteiger partial charge in [-0.1, -0.05) is 48.0 Å². The number of nitrogens with zero attached hydrogens (tertiary/aromatic N) is 2. The van der Waals surface area contributed by atoms with Crippen LogP contribution in [-0.4, -0.2) is 45.4 Å². The predicted octanol–water partition coefficient (Wildman–Crippen LogP) is 3.20. The average molecular weight is 459 g/mol. The molecule has 0 aromatic heterocycles. The highest BCUT2D eigenvalue weighted by atomic mass is 35.5. The molecule has 0 radical (unpaired) electrons. The van der Waals surface area contributed by atoms with Crippen LogP contribution in [0.5, 0.6) is 0 Å². The van der Waals surface area contributed by atoms with E-state index in [4.69, 9.17) is 16.3 Å². The number of ether oxygens (including phenoxy) is 1. The Bertz CT molecular complexity index is 1270. The van der Waals surface area contributed by atoms with Gasteiger partial charge in [0.2, 0.25) is 5.91 Å². The Morgan fingerprint density at radius 1 is 1.03 bits per heavy atom. The number of hydrogen-bond acceptors (Lipinski definition) is 5. The van der Waals surface area contributed by atoms with Crippen LogP contribution in [0.15, 0.2) is 65.6 Å². The summed E-state index contributed by atoms with van der Waals surface area (Å²) in [6.07, 6.45) is 0. The van der Waals surface area contributed by atoms with E-state index in [0.29, 0.717) is 16.1 Å². The van der Waals surface area contributed by atoms with Gasteiger partial charge in [0.05, 0.1) is 17.7 Å². The summed E-state index contributed by atoms with van der Waals surface area (Å²) < 4.78 is 32.1. The van der Waals surface area contributed by atoms with Crippen molar-refractivity contribution in [1.82, 2.24) is 4.90 Å². The van der Waals surface area contributed by atoms with E-state index in [9.17, 15) is 18.0 Å². The summed E-state index contributed by atoms with van der Waals surface area (Å²) in [4.78, 5) is 26.5. The van der Waals surface area contributed by atoms with Gasteiger partial charge in [-0.2, -0.15) is 0 Å². The number of methoxy groups -OCH3 is 1. The Labute approximate surface area is 184 Å². The normalized spacial score (nSPS) is 13.9. The summed E-state index contributed by atoms with van der Waals surface area (Å²) in [7, 11) is -2.66. The van der Waals surface area contributed by atoms with Crippen molar-refractivity contribution in [3.05, 3.63) is 71.2 Å². The SMILES string of the molecule is COC(=O)CN(Cc1ccc(Cl)cc1)C(=O)CN1c2cccc3cccc(c23)S1(=O)=O. The second-order valence-corrected chi connectivity index (χ2v) is 9.36. The van der Waals surface area contributed by atoms with Gasteiger partial charge in [-0.25, -0.2) is 8.42 Å². The van der Waals surface area contributed by atoms with Gasteiger partial charge in [0.1, 0.15) is 13.1 Å². The Hall–Kier alpha value is -3.10. The van der Waals surface area contributed by atoms with Gasteiger partial charge in [-0.15, -0.1) is 0 Å². The van der Waals surface area contributed by atoms with Crippen LogP contribution in [0.1, 0.15) is 5.56 Å². The molecule has 4 rings (SSSR count). The van der Waals surface area contributed by atoms with E-state index < -0.39 is 28.4 Å². The molecule has 0 atom stereocenters. The molecular weight excluding hydrogens is 440 g/mol. The molecular formula is C22H19ClN2O5S. The van der Waals surface area contributed by atoms with Crippen LogP contribution in [0, 0.1) is 0 Å². The fourth-order valence-electron chi connectivity index (χ4n) is 3.61. The molecule has 0 N–H and O–H groups in total. The number of carbonyl (C=O) groups is 2. The minimum absolute atomic E-state index is 0.107. The molecule has 1 aliphatic heterocycles. The predicted molar refractivity (Wildman–Crippen MR) is 117 cm³/mol. The number of rotatable bonds is 6. The first-order valence-electron chi connectivity index (χ1n) is 9.45. The van der Waals surface area contributed by atoms with Crippen molar-refractivity contribution in [3.63, 3.8) is 0 Å². The zero-order valence-electron chi connectivity index (χ0n) is 16.6.